The Bertz CT molecular complexity index is 1040. The molecular weight excluding hydrogens is 480 g/mol. The molecule has 38 heavy (non-hydrogen) atoms. The third-order valence-electron chi connectivity index (χ3n) is 7.32. The molecule has 3 rings (SSSR count). The number of nitrogens with zero attached hydrogens (tertiary/aromatic N) is 2. The summed E-state index contributed by atoms with van der Waals surface area (Å²) in [6, 6.07) is 14.1. The number of anilines is 2. The normalized spacial score (nSPS) is 16.8. The van der Waals surface area contributed by atoms with Crippen LogP contribution in [0.5, 0.6) is 0 Å². The molecule has 0 unspecified atom stereocenters. The Balaban J connectivity index is 1.53. The van der Waals surface area contributed by atoms with Crippen LogP contribution in [-0.4, -0.2) is 59.6 Å². The van der Waals surface area contributed by atoms with Crippen LogP contribution in [0.1, 0.15) is 74.1 Å². The predicted octanol–water partition coefficient (Wildman–Crippen LogP) is 5.03. The molecule has 204 valence electrons. The Labute approximate surface area is 225 Å². The van der Waals surface area contributed by atoms with Crippen LogP contribution >= 0.6 is 0 Å². The van der Waals surface area contributed by atoms with Gasteiger partial charge in [-0.3, -0.25) is 19.2 Å². The highest BCUT2D eigenvalue weighted by Gasteiger charge is 2.30. The van der Waals surface area contributed by atoms with Gasteiger partial charge in [0.15, 0.2) is 0 Å². The zero-order valence-electron chi connectivity index (χ0n) is 23.0. The third-order valence-corrected chi connectivity index (χ3v) is 7.32. The zero-order chi connectivity index (χ0) is 27.7. The Morgan fingerprint density at radius 3 is 1.29 bits per heavy atom. The fourth-order valence-corrected chi connectivity index (χ4v) is 4.95. The highest BCUT2D eigenvalue weighted by molar-refractivity contribution is 5.99. The van der Waals surface area contributed by atoms with Crippen molar-refractivity contribution < 1.29 is 19.2 Å². The van der Waals surface area contributed by atoms with Crippen molar-refractivity contribution in [1.29, 1.82) is 0 Å². The second-order valence-corrected chi connectivity index (χ2v) is 9.64. The molecule has 0 saturated heterocycles. The van der Waals surface area contributed by atoms with Gasteiger partial charge in [0.25, 0.3) is 11.8 Å². The van der Waals surface area contributed by atoms with E-state index in [1.54, 1.807) is 58.3 Å². The fourth-order valence-electron chi connectivity index (χ4n) is 4.95. The summed E-state index contributed by atoms with van der Waals surface area (Å²) in [7, 11) is 0. The maximum Gasteiger partial charge on any atom is 0.253 e. The SMILES string of the molecule is CCN(CC)C(=O)c1cccc(NC(=O)C2CCC(C(=O)Nc3cccc(C(=O)N(CC)CC)c3)CC2)c1. The van der Waals surface area contributed by atoms with Gasteiger partial charge in [0, 0.05) is 60.5 Å². The van der Waals surface area contributed by atoms with Gasteiger partial charge >= 0.3 is 0 Å². The van der Waals surface area contributed by atoms with E-state index in [4.69, 9.17) is 0 Å². The van der Waals surface area contributed by atoms with E-state index in [1.807, 2.05) is 27.7 Å². The summed E-state index contributed by atoms with van der Waals surface area (Å²) in [5.41, 5.74) is 2.31. The van der Waals surface area contributed by atoms with Gasteiger partial charge < -0.3 is 20.4 Å². The second-order valence-electron chi connectivity index (χ2n) is 9.64. The van der Waals surface area contributed by atoms with Gasteiger partial charge in [0.05, 0.1) is 0 Å². The maximum atomic E-state index is 12.9. The van der Waals surface area contributed by atoms with Gasteiger partial charge in [-0.2, -0.15) is 0 Å². The molecule has 2 aromatic rings. The highest BCUT2D eigenvalue weighted by Crippen LogP contribution is 2.31. The number of carbonyl (C=O) groups excluding carboxylic acids is 4. The number of hydrogen-bond acceptors (Lipinski definition) is 4. The van der Waals surface area contributed by atoms with Gasteiger partial charge in [-0.05, 0) is 89.8 Å². The van der Waals surface area contributed by atoms with E-state index >= 15 is 0 Å². The zero-order valence-corrected chi connectivity index (χ0v) is 23.0. The Morgan fingerprint density at radius 2 is 0.974 bits per heavy atom. The predicted molar refractivity (Wildman–Crippen MR) is 150 cm³/mol. The molecule has 0 aliphatic heterocycles. The monoisotopic (exact) mass is 520 g/mol. The molecule has 0 aromatic heterocycles. The van der Waals surface area contributed by atoms with Crippen molar-refractivity contribution in [2.45, 2.75) is 53.4 Å². The quantitative estimate of drug-likeness (QED) is 0.459. The first kappa shape index (κ1) is 28.9. The molecule has 1 saturated carbocycles. The molecule has 0 radical (unpaired) electrons. The van der Waals surface area contributed by atoms with Crippen molar-refractivity contribution in [3.63, 3.8) is 0 Å². The molecule has 0 heterocycles. The minimum Gasteiger partial charge on any atom is -0.339 e. The van der Waals surface area contributed by atoms with E-state index in [0.717, 1.165) is 0 Å². The van der Waals surface area contributed by atoms with E-state index in [2.05, 4.69) is 10.6 Å². The lowest BCUT2D eigenvalue weighted by Gasteiger charge is -2.27. The van der Waals surface area contributed by atoms with Crippen molar-refractivity contribution >= 4 is 35.0 Å². The highest BCUT2D eigenvalue weighted by atomic mass is 16.2. The molecule has 0 spiro atoms. The van der Waals surface area contributed by atoms with Crippen molar-refractivity contribution in [1.82, 2.24) is 9.80 Å². The molecule has 2 N–H and O–H groups in total. The second kappa shape index (κ2) is 13.7. The molecule has 1 aliphatic carbocycles. The Kier molecular flexibility index (Phi) is 10.4. The lowest BCUT2D eigenvalue weighted by Crippen LogP contribution is -2.32. The molecule has 4 amide bonds. The van der Waals surface area contributed by atoms with Crippen LogP contribution < -0.4 is 10.6 Å². The van der Waals surface area contributed by atoms with Crippen molar-refractivity contribution in [3.05, 3.63) is 59.7 Å². The number of nitrogens with one attached hydrogen (secondary N) is 2. The minimum absolute atomic E-state index is 0.0550. The van der Waals surface area contributed by atoms with Crippen molar-refractivity contribution in [2.75, 3.05) is 36.8 Å². The summed E-state index contributed by atoms with van der Waals surface area (Å²) in [4.78, 5) is 54.6. The average molecular weight is 521 g/mol. The molecular formula is C30H40N4O4. The van der Waals surface area contributed by atoms with E-state index in [-0.39, 0.29) is 35.5 Å². The summed E-state index contributed by atoms with van der Waals surface area (Å²) < 4.78 is 0. The first-order valence-corrected chi connectivity index (χ1v) is 13.7. The van der Waals surface area contributed by atoms with E-state index in [9.17, 15) is 19.2 Å². The van der Waals surface area contributed by atoms with Crippen LogP contribution in [0.25, 0.3) is 0 Å². The fraction of sp³-hybridized carbons (Fsp3) is 0.467. The van der Waals surface area contributed by atoms with Crippen LogP contribution in [0.15, 0.2) is 48.5 Å². The summed E-state index contributed by atoms with van der Waals surface area (Å²) in [6.45, 7) is 10.3. The molecule has 8 heteroatoms. The molecule has 0 atom stereocenters. The smallest absolute Gasteiger partial charge is 0.253 e. The molecule has 8 nitrogen and oxygen atoms in total. The minimum atomic E-state index is -0.184. The van der Waals surface area contributed by atoms with Gasteiger partial charge in [-0.1, -0.05) is 12.1 Å². The van der Waals surface area contributed by atoms with Gasteiger partial charge in [0.1, 0.15) is 0 Å². The Morgan fingerprint density at radius 1 is 0.632 bits per heavy atom. The largest absolute Gasteiger partial charge is 0.339 e. The number of carbonyl (C=O) groups is 4. The van der Waals surface area contributed by atoms with Crippen molar-refractivity contribution in [3.8, 4) is 0 Å². The van der Waals surface area contributed by atoms with Gasteiger partial charge in [-0.25, -0.2) is 0 Å². The number of amides is 4. The van der Waals surface area contributed by atoms with E-state index in [0.29, 0.717) is 74.4 Å². The first-order valence-electron chi connectivity index (χ1n) is 13.7. The third kappa shape index (κ3) is 7.21. The topological polar surface area (TPSA) is 98.8 Å². The van der Waals surface area contributed by atoms with Crippen LogP contribution in [0, 0.1) is 11.8 Å². The summed E-state index contributed by atoms with van der Waals surface area (Å²) >= 11 is 0. The molecule has 1 aliphatic rings. The van der Waals surface area contributed by atoms with Crippen LogP contribution in [0.4, 0.5) is 11.4 Å². The van der Waals surface area contributed by atoms with Crippen LogP contribution in [-0.2, 0) is 9.59 Å². The van der Waals surface area contributed by atoms with E-state index in [1.165, 1.54) is 0 Å². The van der Waals surface area contributed by atoms with Gasteiger partial charge in [0.2, 0.25) is 11.8 Å². The Hall–Kier alpha value is -3.68. The summed E-state index contributed by atoms with van der Waals surface area (Å²) in [5.74, 6) is -0.647. The molecule has 0 bridgehead atoms. The number of benzene rings is 2. The van der Waals surface area contributed by atoms with Gasteiger partial charge in [-0.15, -0.1) is 0 Å². The average Bonchev–Trinajstić information content (AvgIpc) is 2.94. The first-order chi connectivity index (χ1) is 18.3. The van der Waals surface area contributed by atoms with Crippen molar-refractivity contribution in [2.24, 2.45) is 11.8 Å². The van der Waals surface area contributed by atoms with Crippen LogP contribution in [0.2, 0.25) is 0 Å². The standard InChI is InChI=1S/C30H40N4O4/c1-5-33(6-2)29(37)23-11-9-13-25(19-23)31-27(35)21-15-17-22(18-16-21)28(36)32-26-14-10-12-24(20-26)30(38)34(7-3)8-4/h9-14,19-22H,5-8,15-18H2,1-4H3,(H,31,35)(H,32,36). The lowest BCUT2D eigenvalue weighted by molar-refractivity contribution is -0.125. The van der Waals surface area contributed by atoms with E-state index < -0.39 is 0 Å². The number of hydrogen-bond donors (Lipinski definition) is 2. The molecule has 1 fully saturated rings. The maximum absolute atomic E-state index is 12.9. The lowest BCUT2D eigenvalue weighted by atomic mass is 9.81. The summed E-state index contributed by atoms with van der Waals surface area (Å²) in [6.07, 6.45) is 2.45. The van der Waals surface area contributed by atoms with Crippen LogP contribution in [0.3, 0.4) is 0 Å². The summed E-state index contributed by atoms with van der Waals surface area (Å²) in [5, 5.41) is 5.91. The number of rotatable bonds is 10. The molecule has 2 aromatic carbocycles.